The molecule has 4 heteroatoms. The van der Waals surface area contributed by atoms with Gasteiger partial charge in [-0.05, 0) is 50.3 Å². The Balaban J connectivity index is 1.61. The molecule has 0 aromatic heterocycles. The van der Waals surface area contributed by atoms with Crippen LogP contribution >= 0.6 is 15.9 Å². The monoisotopic (exact) mass is 353 g/mol. The van der Waals surface area contributed by atoms with E-state index in [1.807, 2.05) is 0 Å². The van der Waals surface area contributed by atoms with Crippen molar-refractivity contribution in [1.29, 1.82) is 0 Å². The van der Waals surface area contributed by atoms with Crippen LogP contribution in [0.3, 0.4) is 0 Å². The third-order valence-corrected chi connectivity index (χ3v) is 5.22. The number of hydrogen-bond donors (Lipinski definition) is 1. The molecule has 2 heterocycles. The Morgan fingerprint density at radius 2 is 2.10 bits per heavy atom. The van der Waals surface area contributed by atoms with E-state index in [0.29, 0.717) is 12.1 Å². The highest BCUT2D eigenvalue weighted by Gasteiger charge is 2.39. The van der Waals surface area contributed by atoms with E-state index < -0.39 is 0 Å². The summed E-state index contributed by atoms with van der Waals surface area (Å²) in [4.78, 5) is 0. The third kappa shape index (κ3) is 3.86. The number of benzene rings is 1. The molecular formula is C17H24BrNO2. The maximum absolute atomic E-state index is 6.12. The molecule has 0 amide bonds. The van der Waals surface area contributed by atoms with Crippen molar-refractivity contribution in [3.05, 3.63) is 34.3 Å². The maximum atomic E-state index is 6.12. The summed E-state index contributed by atoms with van der Waals surface area (Å²) in [6, 6.07) is 9.45. The Bertz CT molecular complexity index is 468. The van der Waals surface area contributed by atoms with Gasteiger partial charge in [0.15, 0.2) is 0 Å². The summed E-state index contributed by atoms with van der Waals surface area (Å²) in [7, 11) is 0. The minimum Gasteiger partial charge on any atom is -0.381 e. The van der Waals surface area contributed by atoms with Crippen LogP contribution in [-0.4, -0.2) is 31.5 Å². The van der Waals surface area contributed by atoms with Crippen molar-refractivity contribution in [1.82, 2.24) is 5.32 Å². The second kappa shape index (κ2) is 6.78. The topological polar surface area (TPSA) is 30.5 Å². The van der Waals surface area contributed by atoms with Gasteiger partial charge in [0.05, 0.1) is 5.60 Å². The van der Waals surface area contributed by atoms with E-state index >= 15 is 0 Å². The SMILES string of the molecule is CC(NC1CCOC2(CCOCC2)C1)c1cccc(Br)c1. The molecule has 1 spiro atoms. The highest BCUT2D eigenvalue weighted by molar-refractivity contribution is 9.10. The maximum Gasteiger partial charge on any atom is 0.0741 e. The normalized spacial score (nSPS) is 26.7. The van der Waals surface area contributed by atoms with E-state index in [1.54, 1.807) is 0 Å². The molecule has 0 bridgehead atoms. The fourth-order valence-corrected chi connectivity index (χ4v) is 3.90. The molecule has 2 unspecified atom stereocenters. The van der Waals surface area contributed by atoms with Crippen LogP contribution in [0.4, 0.5) is 0 Å². The van der Waals surface area contributed by atoms with Crippen molar-refractivity contribution in [2.24, 2.45) is 0 Å². The first-order chi connectivity index (χ1) is 10.2. The highest BCUT2D eigenvalue weighted by Crippen LogP contribution is 2.35. The predicted octanol–water partition coefficient (Wildman–Crippen LogP) is 3.83. The molecule has 2 fully saturated rings. The molecule has 3 nitrogen and oxygen atoms in total. The zero-order valence-electron chi connectivity index (χ0n) is 12.6. The lowest BCUT2D eigenvalue weighted by molar-refractivity contribution is -0.140. The lowest BCUT2D eigenvalue weighted by Crippen LogP contribution is -2.50. The zero-order chi connectivity index (χ0) is 14.7. The fourth-order valence-electron chi connectivity index (χ4n) is 3.49. The van der Waals surface area contributed by atoms with Gasteiger partial charge in [0.2, 0.25) is 0 Å². The Labute approximate surface area is 135 Å². The summed E-state index contributed by atoms with van der Waals surface area (Å²) >= 11 is 3.55. The van der Waals surface area contributed by atoms with Crippen molar-refractivity contribution < 1.29 is 9.47 Å². The Morgan fingerprint density at radius 3 is 2.86 bits per heavy atom. The largest absolute Gasteiger partial charge is 0.381 e. The molecule has 21 heavy (non-hydrogen) atoms. The van der Waals surface area contributed by atoms with Gasteiger partial charge < -0.3 is 14.8 Å². The van der Waals surface area contributed by atoms with E-state index in [-0.39, 0.29) is 5.60 Å². The Kier molecular flexibility index (Phi) is 4.99. The molecule has 1 aromatic carbocycles. The minimum atomic E-state index is 0.0607. The summed E-state index contributed by atoms with van der Waals surface area (Å²) in [5.41, 5.74) is 1.39. The summed E-state index contributed by atoms with van der Waals surface area (Å²) < 4.78 is 12.7. The van der Waals surface area contributed by atoms with Gasteiger partial charge in [-0.3, -0.25) is 0 Å². The highest BCUT2D eigenvalue weighted by atomic mass is 79.9. The van der Waals surface area contributed by atoms with Crippen LogP contribution < -0.4 is 5.32 Å². The van der Waals surface area contributed by atoms with Gasteiger partial charge in [-0.25, -0.2) is 0 Å². The van der Waals surface area contributed by atoms with Crippen LogP contribution in [0.2, 0.25) is 0 Å². The van der Waals surface area contributed by atoms with Gasteiger partial charge in [-0.2, -0.15) is 0 Å². The molecule has 0 radical (unpaired) electrons. The smallest absolute Gasteiger partial charge is 0.0741 e. The summed E-state index contributed by atoms with van der Waals surface area (Å²) in [6.45, 7) is 4.79. The fraction of sp³-hybridized carbons (Fsp3) is 0.647. The summed E-state index contributed by atoms with van der Waals surface area (Å²) in [5.74, 6) is 0. The number of rotatable bonds is 3. The number of ether oxygens (including phenoxy) is 2. The number of halogens is 1. The molecule has 2 saturated heterocycles. The van der Waals surface area contributed by atoms with Gasteiger partial charge in [-0.15, -0.1) is 0 Å². The zero-order valence-corrected chi connectivity index (χ0v) is 14.2. The molecule has 1 aromatic rings. The molecular weight excluding hydrogens is 330 g/mol. The van der Waals surface area contributed by atoms with E-state index in [2.05, 4.69) is 52.4 Å². The van der Waals surface area contributed by atoms with E-state index in [0.717, 1.165) is 50.0 Å². The average Bonchev–Trinajstić information content (AvgIpc) is 2.48. The Hall–Kier alpha value is -0.420. The van der Waals surface area contributed by atoms with Crippen molar-refractivity contribution in [2.75, 3.05) is 19.8 Å². The molecule has 3 rings (SSSR count). The van der Waals surface area contributed by atoms with Gasteiger partial charge in [-0.1, -0.05) is 28.1 Å². The van der Waals surface area contributed by atoms with Gasteiger partial charge >= 0.3 is 0 Å². The molecule has 2 aliphatic heterocycles. The van der Waals surface area contributed by atoms with Gasteiger partial charge in [0.1, 0.15) is 0 Å². The molecule has 116 valence electrons. The number of hydrogen-bond acceptors (Lipinski definition) is 3. The van der Waals surface area contributed by atoms with Crippen LogP contribution in [0.15, 0.2) is 28.7 Å². The predicted molar refractivity (Wildman–Crippen MR) is 87.5 cm³/mol. The van der Waals surface area contributed by atoms with Crippen LogP contribution in [-0.2, 0) is 9.47 Å². The van der Waals surface area contributed by atoms with Crippen molar-refractivity contribution >= 4 is 15.9 Å². The molecule has 0 aliphatic carbocycles. The van der Waals surface area contributed by atoms with Crippen LogP contribution in [0, 0.1) is 0 Å². The first kappa shape index (κ1) is 15.5. The second-order valence-electron chi connectivity index (χ2n) is 6.28. The van der Waals surface area contributed by atoms with Crippen LogP contribution in [0.5, 0.6) is 0 Å². The Morgan fingerprint density at radius 1 is 1.29 bits per heavy atom. The second-order valence-corrected chi connectivity index (χ2v) is 7.19. The van der Waals surface area contributed by atoms with E-state index in [4.69, 9.17) is 9.47 Å². The third-order valence-electron chi connectivity index (χ3n) is 4.73. The summed E-state index contributed by atoms with van der Waals surface area (Å²) in [6.07, 6.45) is 4.28. The lowest BCUT2D eigenvalue weighted by atomic mass is 9.83. The van der Waals surface area contributed by atoms with Crippen LogP contribution in [0.25, 0.3) is 0 Å². The minimum absolute atomic E-state index is 0.0607. The average molecular weight is 354 g/mol. The molecule has 1 N–H and O–H groups in total. The molecule has 0 saturated carbocycles. The summed E-state index contributed by atoms with van der Waals surface area (Å²) in [5, 5.41) is 3.79. The van der Waals surface area contributed by atoms with E-state index in [9.17, 15) is 0 Å². The quantitative estimate of drug-likeness (QED) is 0.895. The van der Waals surface area contributed by atoms with Crippen molar-refractivity contribution in [3.63, 3.8) is 0 Å². The van der Waals surface area contributed by atoms with Gasteiger partial charge in [0, 0.05) is 36.4 Å². The molecule has 2 aliphatic rings. The van der Waals surface area contributed by atoms with Crippen molar-refractivity contribution in [2.45, 2.75) is 50.3 Å². The molecule has 2 atom stereocenters. The first-order valence-corrected chi connectivity index (χ1v) is 8.69. The standard InChI is InChI=1S/C17H24BrNO2/c1-13(14-3-2-4-15(18)11-14)19-16-5-8-21-17(12-16)6-9-20-10-7-17/h2-4,11,13,16,19H,5-10,12H2,1H3. The number of nitrogens with one attached hydrogen (secondary N) is 1. The van der Waals surface area contributed by atoms with E-state index in [1.165, 1.54) is 5.56 Å². The van der Waals surface area contributed by atoms with Gasteiger partial charge in [0.25, 0.3) is 0 Å². The van der Waals surface area contributed by atoms with Crippen molar-refractivity contribution in [3.8, 4) is 0 Å². The first-order valence-electron chi connectivity index (χ1n) is 7.90. The lowest BCUT2D eigenvalue weighted by Gasteiger charge is -2.44. The van der Waals surface area contributed by atoms with Crippen LogP contribution in [0.1, 0.15) is 44.2 Å².